The third-order valence-corrected chi connectivity index (χ3v) is 5.41. The van der Waals surface area contributed by atoms with Gasteiger partial charge >= 0.3 is 5.97 Å². The van der Waals surface area contributed by atoms with Crippen LogP contribution in [0.15, 0.2) is 47.1 Å². The van der Waals surface area contributed by atoms with Gasteiger partial charge in [0, 0.05) is 18.5 Å². The number of benzene rings is 1. The van der Waals surface area contributed by atoms with E-state index in [-0.39, 0.29) is 30.3 Å². The fourth-order valence-corrected chi connectivity index (χ4v) is 4.09. The van der Waals surface area contributed by atoms with Crippen molar-refractivity contribution in [1.29, 1.82) is 0 Å². The molecule has 0 bridgehead atoms. The van der Waals surface area contributed by atoms with E-state index in [4.69, 9.17) is 9.47 Å². The van der Waals surface area contributed by atoms with Crippen molar-refractivity contribution >= 4 is 27.8 Å². The molecule has 0 unspecified atom stereocenters. The molecule has 0 radical (unpaired) electrons. The Morgan fingerprint density at radius 1 is 1.17 bits per heavy atom. The van der Waals surface area contributed by atoms with Gasteiger partial charge < -0.3 is 14.8 Å². The standard InChI is InChI=1S/C22H25BrN2O4/c1-28-21-12-17(10-19(23)25-21)11-20(26)24-18-8-7-16(9-18)13-22(27)29-14-15-5-3-2-4-6-15/h2-6,10,12,16,18H,7-9,11,13-14H2,1H3,(H,24,26)/t16-,18+/m0/s1. The molecule has 1 saturated carbocycles. The fraction of sp³-hybridized carbons (Fsp3) is 0.409. The molecule has 3 rings (SSSR count). The summed E-state index contributed by atoms with van der Waals surface area (Å²) in [4.78, 5) is 28.6. The number of nitrogens with one attached hydrogen (secondary N) is 1. The zero-order chi connectivity index (χ0) is 20.6. The van der Waals surface area contributed by atoms with Crippen LogP contribution in [0.2, 0.25) is 0 Å². The highest BCUT2D eigenvalue weighted by Crippen LogP contribution is 2.29. The van der Waals surface area contributed by atoms with Gasteiger partial charge in [-0.2, -0.15) is 0 Å². The number of ether oxygens (including phenoxy) is 2. The molecule has 29 heavy (non-hydrogen) atoms. The number of methoxy groups -OCH3 is 1. The molecule has 1 heterocycles. The molecule has 1 aromatic heterocycles. The number of hydrogen-bond donors (Lipinski definition) is 1. The van der Waals surface area contributed by atoms with Crippen molar-refractivity contribution in [3.05, 3.63) is 58.2 Å². The van der Waals surface area contributed by atoms with Gasteiger partial charge in [0.2, 0.25) is 11.8 Å². The molecule has 1 aliphatic rings. The maximum atomic E-state index is 12.4. The third kappa shape index (κ3) is 6.85. The van der Waals surface area contributed by atoms with E-state index in [0.717, 1.165) is 30.4 Å². The lowest BCUT2D eigenvalue weighted by atomic mass is 10.0. The first-order chi connectivity index (χ1) is 14.0. The number of esters is 1. The minimum absolute atomic E-state index is 0.0394. The van der Waals surface area contributed by atoms with E-state index < -0.39 is 0 Å². The van der Waals surface area contributed by atoms with Gasteiger partial charge in [0.15, 0.2) is 0 Å². The fourth-order valence-electron chi connectivity index (χ4n) is 3.62. The van der Waals surface area contributed by atoms with Gasteiger partial charge in [-0.15, -0.1) is 0 Å². The smallest absolute Gasteiger partial charge is 0.306 e. The molecule has 1 N–H and O–H groups in total. The van der Waals surface area contributed by atoms with Crippen LogP contribution >= 0.6 is 15.9 Å². The molecular weight excluding hydrogens is 436 g/mol. The lowest BCUT2D eigenvalue weighted by Gasteiger charge is -2.14. The van der Waals surface area contributed by atoms with Crippen LogP contribution < -0.4 is 10.1 Å². The summed E-state index contributed by atoms with van der Waals surface area (Å²) < 4.78 is 11.1. The van der Waals surface area contributed by atoms with Crippen LogP contribution in [0.3, 0.4) is 0 Å². The second-order valence-electron chi connectivity index (χ2n) is 7.31. The number of rotatable bonds is 8. The van der Waals surface area contributed by atoms with E-state index >= 15 is 0 Å². The van der Waals surface area contributed by atoms with Gasteiger partial charge in [0.25, 0.3) is 0 Å². The van der Waals surface area contributed by atoms with Crippen LogP contribution in [-0.2, 0) is 27.4 Å². The highest BCUT2D eigenvalue weighted by atomic mass is 79.9. The normalized spacial score (nSPS) is 18.3. The largest absolute Gasteiger partial charge is 0.481 e. The molecule has 0 aliphatic heterocycles. The van der Waals surface area contributed by atoms with E-state index in [1.165, 1.54) is 0 Å². The van der Waals surface area contributed by atoms with E-state index in [1.54, 1.807) is 13.2 Å². The lowest BCUT2D eigenvalue weighted by molar-refractivity contribution is -0.146. The van der Waals surface area contributed by atoms with Crippen LogP contribution in [0.25, 0.3) is 0 Å². The molecule has 6 nitrogen and oxygen atoms in total. The summed E-state index contributed by atoms with van der Waals surface area (Å²) in [5.41, 5.74) is 1.82. The number of carbonyl (C=O) groups excluding carboxylic acids is 2. The Morgan fingerprint density at radius 2 is 1.97 bits per heavy atom. The zero-order valence-electron chi connectivity index (χ0n) is 16.4. The second-order valence-corrected chi connectivity index (χ2v) is 8.12. The minimum atomic E-state index is -0.181. The SMILES string of the molecule is COc1cc(CC(=O)N[C@@H]2CC[C@H](CC(=O)OCc3ccccc3)C2)cc(Br)n1. The van der Waals surface area contributed by atoms with Gasteiger partial charge in [0.05, 0.1) is 13.5 Å². The summed E-state index contributed by atoms with van der Waals surface area (Å²) in [6.45, 7) is 0.303. The number of aromatic nitrogens is 1. The molecule has 1 aliphatic carbocycles. The molecule has 1 amide bonds. The van der Waals surface area contributed by atoms with E-state index in [9.17, 15) is 9.59 Å². The average molecular weight is 461 g/mol. The van der Waals surface area contributed by atoms with Crippen LogP contribution in [0.5, 0.6) is 5.88 Å². The van der Waals surface area contributed by atoms with Crippen molar-refractivity contribution in [2.75, 3.05) is 7.11 Å². The van der Waals surface area contributed by atoms with E-state index in [1.807, 2.05) is 36.4 Å². The van der Waals surface area contributed by atoms with Crippen molar-refractivity contribution < 1.29 is 19.1 Å². The Hall–Kier alpha value is -2.41. The number of carbonyl (C=O) groups is 2. The summed E-state index contributed by atoms with van der Waals surface area (Å²) in [5.74, 6) is 0.498. The molecule has 2 aromatic rings. The first-order valence-corrected chi connectivity index (χ1v) is 10.5. The van der Waals surface area contributed by atoms with Crippen molar-refractivity contribution in [3.63, 3.8) is 0 Å². The quantitative estimate of drug-likeness (QED) is 0.478. The average Bonchev–Trinajstić information content (AvgIpc) is 3.13. The monoisotopic (exact) mass is 460 g/mol. The van der Waals surface area contributed by atoms with Gasteiger partial charge in [0.1, 0.15) is 11.2 Å². The predicted molar refractivity (Wildman–Crippen MR) is 112 cm³/mol. The van der Waals surface area contributed by atoms with Gasteiger partial charge in [-0.05, 0) is 58.3 Å². The van der Waals surface area contributed by atoms with Crippen molar-refractivity contribution in [2.24, 2.45) is 5.92 Å². The maximum Gasteiger partial charge on any atom is 0.306 e. The van der Waals surface area contributed by atoms with Crippen LogP contribution in [0.1, 0.15) is 36.8 Å². The maximum absolute atomic E-state index is 12.4. The summed E-state index contributed by atoms with van der Waals surface area (Å²) >= 11 is 3.32. The summed E-state index contributed by atoms with van der Waals surface area (Å²) in [5, 5.41) is 3.08. The van der Waals surface area contributed by atoms with Gasteiger partial charge in [-0.1, -0.05) is 30.3 Å². The molecule has 0 spiro atoms. The minimum Gasteiger partial charge on any atom is -0.481 e. The molecule has 1 fully saturated rings. The number of nitrogens with zero attached hydrogens (tertiary/aromatic N) is 1. The zero-order valence-corrected chi connectivity index (χ0v) is 18.0. The van der Waals surface area contributed by atoms with Crippen molar-refractivity contribution in [2.45, 2.75) is 44.8 Å². The first kappa shape index (κ1) is 21.3. The second kappa shape index (κ2) is 10.4. The number of amides is 1. The number of hydrogen-bond acceptors (Lipinski definition) is 5. The Kier molecular flexibility index (Phi) is 7.63. The van der Waals surface area contributed by atoms with Gasteiger partial charge in [-0.25, -0.2) is 4.98 Å². The van der Waals surface area contributed by atoms with Crippen LogP contribution in [-0.4, -0.2) is 30.0 Å². The van der Waals surface area contributed by atoms with Crippen LogP contribution in [0, 0.1) is 5.92 Å². The summed E-state index contributed by atoms with van der Waals surface area (Å²) in [6, 6.07) is 13.3. The highest BCUT2D eigenvalue weighted by Gasteiger charge is 2.28. The highest BCUT2D eigenvalue weighted by molar-refractivity contribution is 9.10. The summed E-state index contributed by atoms with van der Waals surface area (Å²) in [6.07, 6.45) is 3.26. The number of halogens is 1. The van der Waals surface area contributed by atoms with Crippen LogP contribution in [0.4, 0.5) is 0 Å². The lowest BCUT2D eigenvalue weighted by Crippen LogP contribution is -2.34. The van der Waals surface area contributed by atoms with E-state index in [2.05, 4.69) is 26.2 Å². The third-order valence-electron chi connectivity index (χ3n) is 5.01. The van der Waals surface area contributed by atoms with E-state index in [0.29, 0.717) is 23.5 Å². The Labute approximate surface area is 179 Å². The van der Waals surface area contributed by atoms with Crippen molar-refractivity contribution in [3.8, 4) is 5.88 Å². The molecular formula is C22H25BrN2O4. The summed E-state index contributed by atoms with van der Waals surface area (Å²) in [7, 11) is 1.54. The van der Waals surface area contributed by atoms with Gasteiger partial charge in [-0.3, -0.25) is 9.59 Å². The Morgan fingerprint density at radius 3 is 2.72 bits per heavy atom. The molecule has 2 atom stereocenters. The van der Waals surface area contributed by atoms with Crippen molar-refractivity contribution in [1.82, 2.24) is 10.3 Å². The molecule has 7 heteroatoms. The molecule has 154 valence electrons. The topological polar surface area (TPSA) is 77.5 Å². The Bertz CT molecular complexity index is 844. The molecule has 0 saturated heterocycles. The predicted octanol–water partition coefficient (Wildman–Crippen LogP) is 3.81. The molecule has 1 aromatic carbocycles. The Balaban J connectivity index is 1.40. The first-order valence-electron chi connectivity index (χ1n) is 9.71. The number of pyridine rings is 1.